The summed E-state index contributed by atoms with van der Waals surface area (Å²) in [5.74, 6) is 0.00816. The number of amides is 1. The van der Waals surface area contributed by atoms with E-state index >= 15 is 0 Å². The molecule has 9 heteroatoms. The monoisotopic (exact) mass is 387 g/mol. The maximum absolute atomic E-state index is 12.2. The maximum atomic E-state index is 12.2. The van der Waals surface area contributed by atoms with Gasteiger partial charge in [0.25, 0.3) is 0 Å². The first-order chi connectivity index (χ1) is 12.6. The van der Waals surface area contributed by atoms with Gasteiger partial charge in [0.2, 0.25) is 5.91 Å². The Hall–Kier alpha value is -2.39. The Bertz CT molecular complexity index is 985. The molecular weight excluding hydrogens is 370 g/mol. The third kappa shape index (κ3) is 3.73. The van der Waals surface area contributed by atoms with Crippen LogP contribution in [0.15, 0.2) is 39.6 Å². The summed E-state index contributed by atoms with van der Waals surface area (Å²) in [4.78, 5) is 28.4. The molecule has 0 atom stereocenters. The Kier molecular flexibility index (Phi) is 4.64. The van der Waals surface area contributed by atoms with Crippen molar-refractivity contribution < 1.29 is 4.79 Å². The fraction of sp³-hybridized carbons (Fsp3) is 0.294. The van der Waals surface area contributed by atoms with Gasteiger partial charge >= 0.3 is 5.69 Å². The topological polar surface area (TPSA) is 92.7 Å². The van der Waals surface area contributed by atoms with E-state index in [0.29, 0.717) is 10.3 Å². The van der Waals surface area contributed by atoms with Crippen LogP contribution in [0.1, 0.15) is 24.4 Å². The van der Waals surface area contributed by atoms with Crippen LogP contribution in [0.25, 0.3) is 11.3 Å². The minimum atomic E-state index is -0.210. The van der Waals surface area contributed by atoms with Crippen LogP contribution in [-0.4, -0.2) is 31.4 Å². The molecule has 0 unspecified atom stereocenters. The molecule has 1 fully saturated rings. The molecular formula is C17H17N5O2S2. The number of thiazole rings is 1. The van der Waals surface area contributed by atoms with Crippen molar-refractivity contribution in [3.05, 3.63) is 45.7 Å². The molecule has 2 heterocycles. The number of hydrogen-bond acceptors (Lipinski definition) is 6. The summed E-state index contributed by atoms with van der Waals surface area (Å²) in [7, 11) is 0. The average molecular weight is 387 g/mol. The van der Waals surface area contributed by atoms with E-state index < -0.39 is 0 Å². The normalized spacial score (nSPS) is 13.7. The van der Waals surface area contributed by atoms with Gasteiger partial charge in [-0.25, -0.2) is 14.9 Å². The van der Waals surface area contributed by atoms with Crippen molar-refractivity contribution in [3.63, 3.8) is 0 Å². The highest BCUT2D eigenvalue weighted by Crippen LogP contribution is 2.36. The first-order valence-corrected chi connectivity index (χ1v) is 10.1. The molecule has 7 nitrogen and oxygen atoms in total. The van der Waals surface area contributed by atoms with Gasteiger partial charge in [0.05, 0.1) is 11.4 Å². The van der Waals surface area contributed by atoms with Crippen molar-refractivity contribution in [2.24, 2.45) is 0 Å². The van der Waals surface area contributed by atoms with Gasteiger partial charge in [-0.05, 0) is 19.8 Å². The lowest BCUT2D eigenvalue weighted by Gasteiger charge is -2.03. The number of H-pyrrole nitrogens is 1. The van der Waals surface area contributed by atoms with Crippen LogP contribution < -0.4 is 11.0 Å². The highest BCUT2D eigenvalue weighted by atomic mass is 32.2. The summed E-state index contributed by atoms with van der Waals surface area (Å²) in [6, 6.07) is 8.32. The number of carbonyl (C=O) groups excluding carboxylic acids is 1. The number of rotatable bonds is 6. The smallest absolute Gasteiger partial charge is 0.301 e. The molecule has 0 radical (unpaired) electrons. The van der Waals surface area contributed by atoms with E-state index in [4.69, 9.17) is 0 Å². The zero-order valence-electron chi connectivity index (χ0n) is 14.1. The van der Waals surface area contributed by atoms with Crippen LogP contribution in [0.5, 0.6) is 0 Å². The Morgan fingerprint density at radius 1 is 1.38 bits per heavy atom. The van der Waals surface area contributed by atoms with E-state index in [1.807, 2.05) is 36.6 Å². The van der Waals surface area contributed by atoms with Crippen molar-refractivity contribution in [1.82, 2.24) is 19.7 Å². The fourth-order valence-electron chi connectivity index (χ4n) is 2.52. The largest absolute Gasteiger partial charge is 0.344 e. The lowest BCUT2D eigenvalue weighted by Crippen LogP contribution is -2.17. The molecule has 2 aromatic heterocycles. The van der Waals surface area contributed by atoms with Gasteiger partial charge in [0, 0.05) is 17.0 Å². The highest BCUT2D eigenvalue weighted by Gasteiger charge is 2.28. The van der Waals surface area contributed by atoms with Crippen molar-refractivity contribution in [3.8, 4) is 11.3 Å². The number of aryl methyl sites for hydroxylation is 1. The van der Waals surface area contributed by atoms with Gasteiger partial charge < -0.3 is 5.32 Å². The number of carbonyl (C=O) groups is 1. The molecule has 2 N–H and O–H groups in total. The quantitative estimate of drug-likeness (QED) is 0.634. The number of nitrogens with zero attached hydrogens (tertiary/aromatic N) is 3. The number of benzene rings is 1. The number of nitrogens with one attached hydrogen (secondary N) is 2. The third-order valence-electron chi connectivity index (χ3n) is 4.01. The Balaban J connectivity index is 1.37. The second-order valence-corrected chi connectivity index (χ2v) is 7.95. The van der Waals surface area contributed by atoms with Gasteiger partial charge in [0.1, 0.15) is 0 Å². The molecule has 0 spiro atoms. The molecule has 26 heavy (non-hydrogen) atoms. The van der Waals surface area contributed by atoms with Gasteiger partial charge in [0.15, 0.2) is 10.3 Å². The lowest BCUT2D eigenvalue weighted by molar-refractivity contribution is -0.113. The van der Waals surface area contributed by atoms with Gasteiger partial charge in [-0.2, -0.15) is 0 Å². The average Bonchev–Trinajstić information content (AvgIpc) is 3.24. The third-order valence-corrected chi connectivity index (χ3v) is 5.72. The van der Waals surface area contributed by atoms with Crippen LogP contribution in [0.4, 0.5) is 5.13 Å². The number of aromatic nitrogens is 4. The number of anilines is 1. The fourth-order valence-corrected chi connectivity index (χ4v) is 4.07. The van der Waals surface area contributed by atoms with Gasteiger partial charge in [-0.15, -0.1) is 16.4 Å². The van der Waals surface area contributed by atoms with Crippen LogP contribution >= 0.6 is 23.1 Å². The second-order valence-electron chi connectivity index (χ2n) is 6.15. The Morgan fingerprint density at radius 3 is 2.88 bits per heavy atom. The molecule has 4 rings (SSSR count). The summed E-state index contributed by atoms with van der Waals surface area (Å²) in [6.07, 6.45) is 1.97. The second kappa shape index (κ2) is 7.08. The van der Waals surface area contributed by atoms with Crippen LogP contribution in [0, 0.1) is 6.92 Å². The molecule has 1 amide bonds. The van der Waals surface area contributed by atoms with Crippen LogP contribution in [0.3, 0.4) is 0 Å². The lowest BCUT2D eigenvalue weighted by atomic mass is 10.1. The number of aromatic amines is 1. The van der Waals surface area contributed by atoms with Crippen molar-refractivity contribution in [2.45, 2.75) is 31.0 Å². The Morgan fingerprint density at radius 2 is 2.15 bits per heavy atom. The molecule has 1 aliphatic rings. The summed E-state index contributed by atoms with van der Waals surface area (Å²) in [5.41, 5.74) is 2.84. The summed E-state index contributed by atoms with van der Waals surface area (Å²) in [6.45, 7) is 2.04. The number of thioether (sulfide) groups is 1. The van der Waals surface area contributed by atoms with Crippen molar-refractivity contribution in [1.29, 1.82) is 0 Å². The maximum Gasteiger partial charge on any atom is 0.344 e. The standard InChI is InChI=1S/C17H17N5O2S2/c1-10-2-4-11(5-3-10)13-8-25-15(18-13)19-14(23)9-26-17-21-20-16(24)22(17)12-6-7-12/h2-5,8,12H,6-7,9H2,1H3,(H,20,24)(H,18,19,23). The zero-order chi connectivity index (χ0) is 18.1. The SMILES string of the molecule is Cc1ccc(-c2csc(NC(=O)CSc3n[nH]c(=O)n3C3CC3)n2)cc1. The molecule has 1 aliphatic carbocycles. The van der Waals surface area contributed by atoms with E-state index in [9.17, 15) is 9.59 Å². The van der Waals surface area contributed by atoms with E-state index in [-0.39, 0.29) is 23.4 Å². The minimum Gasteiger partial charge on any atom is -0.301 e. The van der Waals surface area contributed by atoms with Gasteiger partial charge in [-0.1, -0.05) is 41.6 Å². The van der Waals surface area contributed by atoms with E-state index in [1.165, 1.54) is 28.7 Å². The predicted octanol–water partition coefficient (Wildman–Crippen LogP) is 3.07. The molecule has 0 bridgehead atoms. The summed E-state index contributed by atoms with van der Waals surface area (Å²) < 4.78 is 1.64. The number of hydrogen-bond donors (Lipinski definition) is 2. The van der Waals surface area contributed by atoms with Gasteiger partial charge in [-0.3, -0.25) is 9.36 Å². The predicted molar refractivity (Wildman–Crippen MR) is 103 cm³/mol. The molecule has 3 aromatic rings. The van der Waals surface area contributed by atoms with E-state index in [1.54, 1.807) is 4.57 Å². The molecule has 0 aliphatic heterocycles. The van der Waals surface area contributed by atoms with Crippen LogP contribution in [0.2, 0.25) is 0 Å². The molecule has 0 saturated heterocycles. The van der Waals surface area contributed by atoms with Crippen molar-refractivity contribution >= 4 is 34.1 Å². The summed E-state index contributed by atoms with van der Waals surface area (Å²) >= 11 is 2.65. The highest BCUT2D eigenvalue weighted by molar-refractivity contribution is 7.99. The first-order valence-electron chi connectivity index (χ1n) is 8.22. The molecule has 134 valence electrons. The Labute approximate surface area is 157 Å². The summed E-state index contributed by atoms with van der Waals surface area (Å²) in [5, 5.41) is 12.3. The molecule has 1 saturated carbocycles. The zero-order valence-corrected chi connectivity index (χ0v) is 15.7. The van der Waals surface area contributed by atoms with E-state index in [2.05, 4.69) is 20.5 Å². The van der Waals surface area contributed by atoms with Crippen molar-refractivity contribution in [2.75, 3.05) is 11.1 Å². The minimum absolute atomic E-state index is 0.169. The molecule has 1 aromatic carbocycles. The first kappa shape index (κ1) is 17.0. The van der Waals surface area contributed by atoms with Crippen LogP contribution in [-0.2, 0) is 4.79 Å². The van der Waals surface area contributed by atoms with E-state index in [0.717, 1.165) is 24.1 Å².